The molecule has 1 aliphatic rings. The third-order valence-electron chi connectivity index (χ3n) is 4.72. The van der Waals surface area contributed by atoms with Crippen LogP contribution in [0.2, 0.25) is 0 Å². The van der Waals surface area contributed by atoms with Crippen LogP contribution >= 0.6 is 0 Å². The van der Waals surface area contributed by atoms with Crippen LogP contribution in [-0.2, 0) is 14.8 Å². The van der Waals surface area contributed by atoms with Crippen LogP contribution < -0.4 is 19.5 Å². The second-order valence-electron chi connectivity index (χ2n) is 6.92. The van der Waals surface area contributed by atoms with Gasteiger partial charge in [0, 0.05) is 11.8 Å². The van der Waals surface area contributed by atoms with E-state index in [9.17, 15) is 18.0 Å². The van der Waals surface area contributed by atoms with Crippen LogP contribution in [0.5, 0.6) is 11.5 Å². The van der Waals surface area contributed by atoms with Crippen molar-refractivity contribution in [2.75, 3.05) is 23.4 Å². The Kier molecular flexibility index (Phi) is 6.18. The number of ether oxygens (including phenoxy) is 3. The van der Waals surface area contributed by atoms with Gasteiger partial charge in [0.2, 0.25) is 6.79 Å². The zero-order valence-electron chi connectivity index (χ0n) is 17.5. The van der Waals surface area contributed by atoms with Crippen LogP contribution in [0.3, 0.4) is 0 Å². The Balaban J connectivity index is 1.53. The maximum absolute atomic E-state index is 12.9. The van der Waals surface area contributed by atoms with Crippen LogP contribution in [0.15, 0.2) is 71.6 Å². The van der Waals surface area contributed by atoms with Crippen molar-refractivity contribution in [2.24, 2.45) is 0 Å². The van der Waals surface area contributed by atoms with Gasteiger partial charge in [-0.1, -0.05) is 12.1 Å². The summed E-state index contributed by atoms with van der Waals surface area (Å²) in [4.78, 5) is 24.6. The van der Waals surface area contributed by atoms with Crippen molar-refractivity contribution in [1.29, 1.82) is 0 Å². The Bertz CT molecular complexity index is 1300. The standard InChI is InChI=1S/C23H20N2O7S/c1-2-30-23(27)15-7-10-17(11-8-15)33(28,29)25-19-6-4-3-5-18(19)22(26)24-16-9-12-20-21(13-16)32-14-31-20/h3-13,25H,2,14H2,1H3,(H,24,26). The Hall–Kier alpha value is -4.05. The van der Waals surface area contributed by atoms with E-state index in [2.05, 4.69) is 10.0 Å². The molecule has 0 bridgehead atoms. The summed E-state index contributed by atoms with van der Waals surface area (Å²) in [6.45, 7) is 2.00. The predicted octanol–water partition coefficient (Wildman–Crippen LogP) is 3.65. The van der Waals surface area contributed by atoms with Crippen LogP contribution in [0, 0.1) is 0 Å². The van der Waals surface area contributed by atoms with Crippen molar-refractivity contribution in [2.45, 2.75) is 11.8 Å². The largest absolute Gasteiger partial charge is 0.462 e. The van der Waals surface area contributed by atoms with E-state index in [1.807, 2.05) is 0 Å². The third kappa shape index (κ3) is 4.90. The molecule has 1 aliphatic heterocycles. The monoisotopic (exact) mass is 468 g/mol. The highest BCUT2D eigenvalue weighted by Gasteiger charge is 2.20. The molecular weight excluding hydrogens is 448 g/mol. The van der Waals surface area contributed by atoms with Crippen LogP contribution in [0.4, 0.5) is 11.4 Å². The normalized spacial score (nSPS) is 12.2. The Morgan fingerprint density at radius 2 is 1.70 bits per heavy atom. The summed E-state index contributed by atoms with van der Waals surface area (Å²) in [5.74, 6) is 0.0351. The molecular formula is C23H20N2O7S. The van der Waals surface area contributed by atoms with Gasteiger partial charge in [-0.3, -0.25) is 9.52 Å². The van der Waals surface area contributed by atoms with Crippen LogP contribution in [0.25, 0.3) is 0 Å². The van der Waals surface area contributed by atoms with E-state index in [0.717, 1.165) is 0 Å². The van der Waals surface area contributed by atoms with E-state index >= 15 is 0 Å². The second-order valence-corrected chi connectivity index (χ2v) is 8.60. The predicted molar refractivity (Wildman–Crippen MR) is 120 cm³/mol. The van der Waals surface area contributed by atoms with Crippen molar-refractivity contribution < 1.29 is 32.2 Å². The lowest BCUT2D eigenvalue weighted by Crippen LogP contribution is -2.18. The molecule has 0 spiro atoms. The SMILES string of the molecule is CCOC(=O)c1ccc(S(=O)(=O)Nc2ccccc2C(=O)Nc2ccc3c(c2)OCO3)cc1. The number of carbonyl (C=O) groups excluding carboxylic acids is 2. The summed E-state index contributed by atoms with van der Waals surface area (Å²) in [6.07, 6.45) is 0. The lowest BCUT2D eigenvalue weighted by Gasteiger charge is -2.13. The van der Waals surface area contributed by atoms with Gasteiger partial charge in [-0.15, -0.1) is 0 Å². The number of nitrogens with one attached hydrogen (secondary N) is 2. The fraction of sp³-hybridized carbons (Fsp3) is 0.130. The van der Waals surface area contributed by atoms with Gasteiger partial charge in [-0.05, 0) is 55.5 Å². The van der Waals surface area contributed by atoms with Crippen molar-refractivity contribution in [3.63, 3.8) is 0 Å². The lowest BCUT2D eigenvalue weighted by molar-refractivity contribution is 0.0526. The Labute approximate surface area is 190 Å². The molecule has 2 N–H and O–H groups in total. The summed E-state index contributed by atoms with van der Waals surface area (Å²) < 4.78 is 43.7. The van der Waals surface area contributed by atoms with Crippen molar-refractivity contribution >= 4 is 33.3 Å². The van der Waals surface area contributed by atoms with Crippen molar-refractivity contribution in [3.05, 3.63) is 77.9 Å². The van der Waals surface area contributed by atoms with Crippen LogP contribution in [-0.4, -0.2) is 33.7 Å². The van der Waals surface area contributed by atoms with E-state index < -0.39 is 21.9 Å². The molecule has 0 atom stereocenters. The van der Waals surface area contributed by atoms with E-state index in [1.54, 1.807) is 37.3 Å². The average molecular weight is 468 g/mol. The minimum Gasteiger partial charge on any atom is -0.462 e. The molecule has 0 unspecified atom stereocenters. The molecule has 0 fully saturated rings. The molecule has 0 aliphatic carbocycles. The second kappa shape index (κ2) is 9.21. The average Bonchev–Trinajstić information content (AvgIpc) is 3.27. The van der Waals surface area contributed by atoms with E-state index in [-0.39, 0.29) is 35.1 Å². The number of anilines is 2. The number of amides is 1. The summed E-state index contributed by atoms with van der Waals surface area (Å²) >= 11 is 0. The van der Waals surface area contributed by atoms with E-state index in [0.29, 0.717) is 17.2 Å². The number of hydrogen-bond donors (Lipinski definition) is 2. The number of esters is 1. The number of para-hydroxylation sites is 1. The summed E-state index contributed by atoms with van der Waals surface area (Å²) in [6, 6.07) is 16.5. The first-order valence-electron chi connectivity index (χ1n) is 9.97. The van der Waals surface area contributed by atoms with Crippen molar-refractivity contribution in [1.82, 2.24) is 0 Å². The van der Waals surface area contributed by atoms with Gasteiger partial charge in [0.25, 0.3) is 15.9 Å². The van der Waals surface area contributed by atoms with Gasteiger partial charge in [0.05, 0.1) is 28.3 Å². The highest BCUT2D eigenvalue weighted by atomic mass is 32.2. The summed E-state index contributed by atoms with van der Waals surface area (Å²) in [5, 5.41) is 2.73. The van der Waals surface area contributed by atoms with Crippen molar-refractivity contribution in [3.8, 4) is 11.5 Å². The molecule has 0 radical (unpaired) electrons. The number of sulfonamides is 1. The highest BCUT2D eigenvalue weighted by molar-refractivity contribution is 7.92. The number of fused-ring (bicyclic) bond motifs is 1. The van der Waals surface area contributed by atoms with Gasteiger partial charge in [-0.25, -0.2) is 13.2 Å². The Morgan fingerprint density at radius 3 is 2.45 bits per heavy atom. The maximum atomic E-state index is 12.9. The van der Waals surface area contributed by atoms with Gasteiger partial charge < -0.3 is 19.5 Å². The number of hydrogen-bond acceptors (Lipinski definition) is 7. The lowest BCUT2D eigenvalue weighted by atomic mass is 10.1. The van der Waals surface area contributed by atoms with Gasteiger partial charge >= 0.3 is 5.97 Å². The molecule has 170 valence electrons. The number of carbonyl (C=O) groups is 2. The quantitative estimate of drug-likeness (QED) is 0.508. The summed E-state index contributed by atoms with van der Waals surface area (Å²) in [7, 11) is -4.02. The van der Waals surface area contributed by atoms with Gasteiger partial charge in [0.15, 0.2) is 11.5 Å². The zero-order valence-corrected chi connectivity index (χ0v) is 18.3. The third-order valence-corrected chi connectivity index (χ3v) is 6.10. The number of rotatable bonds is 7. The first-order chi connectivity index (χ1) is 15.9. The maximum Gasteiger partial charge on any atom is 0.338 e. The first kappa shape index (κ1) is 22.2. The smallest absolute Gasteiger partial charge is 0.338 e. The molecule has 10 heteroatoms. The minimum atomic E-state index is -4.02. The van der Waals surface area contributed by atoms with E-state index in [4.69, 9.17) is 14.2 Å². The molecule has 1 heterocycles. The molecule has 3 aromatic rings. The molecule has 3 aromatic carbocycles. The topological polar surface area (TPSA) is 120 Å². The van der Waals surface area contributed by atoms with E-state index in [1.165, 1.54) is 36.4 Å². The number of benzene rings is 3. The molecule has 0 saturated heterocycles. The highest BCUT2D eigenvalue weighted by Crippen LogP contribution is 2.34. The Morgan fingerprint density at radius 1 is 0.970 bits per heavy atom. The summed E-state index contributed by atoms with van der Waals surface area (Å²) in [5.41, 5.74) is 0.933. The molecule has 0 saturated carbocycles. The van der Waals surface area contributed by atoms with Gasteiger partial charge in [-0.2, -0.15) is 0 Å². The minimum absolute atomic E-state index is 0.0680. The molecule has 9 nitrogen and oxygen atoms in total. The molecule has 33 heavy (non-hydrogen) atoms. The fourth-order valence-corrected chi connectivity index (χ4v) is 4.21. The molecule has 0 aromatic heterocycles. The fourth-order valence-electron chi connectivity index (χ4n) is 3.13. The van der Waals surface area contributed by atoms with Gasteiger partial charge in [0.1, 0.15) is 0 Å². The first-order valence-corrected chi connectivity index (χ1v) is 11.5. The molecule has 1 amide bonds. The van der Waals surface area contributed by atoms with Crippen LogP contribution in [0.1, 0.15) is 27.6 Å². The molecule has 4 rings (SSSR count). The zero-order chi connectivity index (χ0) is 23.4.